The molecule has 0 aliphatic heterocycles. The van der Waals surface area contributed by atoms with Crippen molar-refractivity contribution in [3.8, 4) is 17.6 Å². The van der Waals surface area contributed by atoms with Crippen LogP contribution in [0.4, 0.5) is 22.0 Å². The van der Waals surface area contributed by atoms with Gasteiger partial charge in [0.15, 0.2) is 11.6 Å². The molecule has 2 aromatic carbocycles. The highest BCUT2D eigenvalue weighted by Gasteiger charge is 2.39. The zero-order chi connectivity index (χ0) is 30.0. The predicted molar refractivity (Wildman–Crippen MR) is 132 cm³/mol. The SMILES string of the molecule is N#Cc1ccc(C(NS(=O)(=O)c2cc3c(F)c(OCCN)c(OCCN)c(F)c3s2)P(=O)(O)O)cc1C(F)(F)F. The van der Waals surface area contributed by atoms with Crippen LogP contribution in [0.2, 0.25) is 0 Å². The van der Waals surface area contributed by atoms with Crippen molar-refractivity contribution >= 4 is 39.0 Å². The molecule has 3 rings (SSSR count). The summed E-state index contributed by atoms with van der Waals surface area (Å²) in [6.07, 6.45) is -5.12. The second-order valence-electron chi connectivity index (χ2n) is 7.90. The maximum atomic E-state index is 15.3. The first kappa shape index (κ1) is 31.6. The standard InChI is InChI=1S/C21H20F5N4O7PS2/c22-15-12-8-14(39-19(12)16(23)18(37-6-4-28)17(15)36-5-3-27)40(34,35)30-20(38(31,32)33)10-1-2-11(9-29)13(7-10)21(24,25)26/h1-2,7-8,20,30H,3-6,27-28H2,(H2,31,32,33). The second-order valence-corrected chi connectivity index (χ2v) is 12.6. The Bertz CT molecular complexity index is 1570. The Balaban J connectivity index is 2.15. The number of ether oxygens (including phenoxy) is 2. The number of hydrogen-bond acceptors (Lipinski definition) is 9. The van der Waals surface area contributed by atoms with Crippen LogP contribution >= 0.6 is 18.9 Å². The minimum absolute atomic E-state index is 0.0986. The summed E-state index contributed by atoms with van der Waals surface area (Å²) in [4.78, 5) is 19.6. The molecule has 3 aromatic rings. The minimum Gasteiger partial charge on any atom is -0.486 e. The number of alkyl halides is 3. The predicted octanol–water partition coefficient (Wildman–Crippen LogP) is 2.90. The molecule has 0 aliphatic carbocycles. The van der Waals surface area contributed by atoms with Crippen molar-refractivity contribution in [1.82, 2.24) is 4.72 Å². The molecule has 0 saturated carbocycles. The first-order valence-electron chi connectivity index (χ1n) is 10.9. The lowest BCUT2D eigenvalue weighted by Crippen LogP contribution is -2.28. The lowest BCUT2D eigenvalue weighted by molar-refractivity contribution is -0.137. The van der Waals surface area contributed by atoms with E-state index in [0.29, 0.717) is 12.1 Å². The first-order valence-corrected chi connectivity index (χ1v) is 14.8. The van der Waals surface area contributed by atoms with Gasteiger partial charge in [-0.15, -0.1) is 11.3 Å². The molecule has 11 nitrogen and oxygen atoms in total. The van der Waals surface area contributed by atoms with Crippen LogP contribution in [0.25, 0.3) is 10.1 Å². The Morgan fingerprint density at radius 1 is 1.07 bits per heavy atom. The number of benzene rings is 2. The van der Waals surface area contributed by atoms with Crippen molar-refractivity contribution in [2.75, 3.05) is 26.3 Å². The maximum Gasteiger partial charge on any atom is 0.417 e. The van der Waals surface area contributed by atoms with Crippen molar-refractivity contribution in [1.29, 1.82) is 5.26 Å². The van der Waals surface area contributed by atoms with Crippen molar-refractivity contribution in [3.05, 3.63) is 52.6 Å². The number of nitriles is 1. The van der Waals surface area contributed by atoms with Crippen LogP contribution in [0.5, 0.6) is 11.5 Å². The number of rotatable bonds is 11. The van der Waals surface area contributed by atoms with E-state index in [2.05, 4.69) is 0 Å². The molecule has 0 amide bonds. The van der Waals surface area contributed by atoms with Gasteiger partial charge >= 0.3 is 13.8 Å². The third kappa shape index (κ3) is 6.53. The first-order chi connectivity index (χ1) is 18.6. The molecule has 0 fully saturated rings. The number of hydrogen-bond donors (Lipinski definition) is 5. The molecule has 1 unspecified atom stereocenters. The number of thiophene rings is 1. The number of nitrogens with zero attached hydrogens (tertiary/aromatic N) is 1. The topological polar surface area (TPSA) is 198 Å². The highest BCUT2D eigenvalue weighted by molar-refractivity contribution is 7.92. The molecule has 0 radical (unpaired) electrons. The number of fused-ring (bicyclic) bond motifs is 1. The minimum atomic E-state index is -5.55. The summed E-state index contributed by atoms with van der Waals surface area (Å²) in [6, 6.07) is 3.50. The Morgan fingerprint density at radius 2 is 1.65 bits per heavy atom. The fraction of sp³-hybridized carbons (Fsp3) is 0.286. The van der Waals surface area contributed by atoms with Gasteiger partial charge in [0.25, 0.3) is 10.0 Å². The summed E-state index contributed by atoms with van der Waals surface area (Å²) in [7, 11) is -10.6. The zero-order valence-corrected chi connectivity index (χ0v) is 22.4. The van der Waals surface area contributed by atoms with Crippen LogP contribution < -0.4 is 25.7 Å². The smallest absolute Gasteiger partial charge is 0.417 e. The van der Waals surface area contributed by atoms with Gasteiger partial charge in [-0.2, -0.15) is 23.2 Å². The van der Waals surface area contributed by atoms with Crippen molar-refractivity contribution < 1.29 is 54.2 Å². The molecule has 0 bridgehead atoms. The van der Waals surface area contributed by atoms with Crippen LogP contribution in [-0.4, -0.2) is 44.5 Å². The molecule has 218 valence electrons. The zero-order valence-electron chi connectivity index (χ0n) is 19.9. The lowest BCUT2D eigenvalue weighted by atomic mass is 10.0. The average Bonchev–Trinajstić information content (AvgIpc) is 3.34. The summed E-state index contributed by atoms with van der Waals surface area (Å²) in [6.45, 7) is -0.740. The van der Waals surface area contributed by atoms with Gasteiger partial charge in [-0.25, -0.2) is 17.2 Å². The second kappa shape index (κ2) is 11.9. The third-order valence-corrected chi connectivity index (χ3v) is 9.43. The van der Waals surface area contributed by atoms with E-state index < -0.39 is 83.7 Å². The Kier molecular flexibility index (Phi) is 9.43. The lowest BCUT2D eigenvalue weighted by Gasteiger charge is -2.21. The van der Waals surface area contributed by atoms with Crippen LogP contribution in [0.3, 0.4) is 0 Å². The summed E-state index contributed by atoms with van der Waals surface area (Å²) in [5.41, 5.74) is 7.41. The molecule has 0 aliphatic rings. The van der Waals surface area contributed by atoms with Gasteiger partial charge in [0.05, 0.1) is 21.9 Å². The number of nitrogens with two attached hydrogens (primary N) is 2. The summed E-state index contributed by atoms with van der Waals surface area (Å²) >= 11 is 0.153. The van der Waals surface area contributed by atoms with Crippen molar-refractivity contribution in [2.24, 2.45) is 11.5 Å². The van der Waals surface area contributed by atoms with Crippen molar-refractivity contribution in [3.63, 3.8) is 0 Å². The van der Waals surface area contributed by atoms with Crippen LogP contribution in [0.1, 0.15) is 22.5 Å². The van der Waals surface area contributed by atoms with E-state index in [9.17, 15) is 35.9 Å². The third-order valence-electron chi connectivity index (χ3n) is 5.13. The van der Waals surface area contributed by atoms with Crippen LogP contribution in [0, 0.1) is 23.0 Å². The van der Waals surface area contributed by atoms with Gasteiger partial charge < -0.3 is 30.7 Å². The molecule has 7 N–H and O–H groups in total. The van der Waals surface area contributed by atoms with E-state index >= 15 is 8.78 Å². The van der Waals surface area contributed by atoms with Gasteiger partial charge in [-0.05, 0) is 23.8 Å². The molecule has 1 atom stereocenters. The van der Waals surface area contributed by atoms with Gasteiger partial charge in [-0.3, -0.25) is 4.57 Å². The normalized spacial score (nSPS) is 13.3. The molecular formula is C21H20F5N4O7PS2. The van der Waals surface area contributed by atoms with Gasteiger partial charge in [0, 0.05) is 18.5 Å². The fourth-order valence-electron chi connectivity index (χ4n) is 3.43. The highest BCUT2D eigenvalue weighted by atomic mass is 32.2. The Labute approximate surface area is 227 Å². The monoisotopic (exact) mass is 630 g/mol. The summed E-state index contributed by atoms with van der Waals surface area (Å²) < 4.78 is 120. The molecule has 1 aromatic heterocycles. The largest absolute Gasteiger partial charge is 0.486 e. The number of sulfonamides is 1. The van der Waals surface area contributed by atoms with E-state index in [1.165, 1.54) is 6.07 Å². The van der Waals surface area contributed by atoms with Crippen LogP contribution in [-0.2, 0) is 20.8 Å². The molecule has 19 heteroatoms. The van der Waals surface area contributed by atoms with E-state index in [0.717, 1.165) is 6.07 Å². The van der Waals surface area contributed by atoms with Crippen LogP contribution in [0.15, 0.2) is 28.5 Å². The molecular weight excluding hydrogens is 610 g/mol. The van der Waals surface area contributed by atoms with E-state index in [4.69, 9.17) is 26.2 Å². The molecule has 0 saturated heterocycles. The van der Waals surface area contributed by atoms with Crippen molar-refractivity contribution in [2.45, 2.75) is 16.2 Å². The molecule has 1 heterocycles. The number of halogens is 5. The van der Waals surface area contributed by atoms with E-state index in [1.54, 1.807) is 4.72 Å². The molecule has 0 spiro atoms. The summed E-state index contributed by atoms with van der Waals surface area (Å²) in [5, 5.41) is 8.35. The van der Waals surface area contributed by atoms with Gasteiger partial charge in [-0.1, -0.05) is 6.07 Å². The highest BCUT2D eigenvalue weighted by Crippen LogP contribution is 2.52. The maximum absolute atomic E-state index is 15.3. The Hall–Kier alpha value is -2.88. The van der Waals surface area contributed by atoms with Gasteiger partial charge in [0.2, 0.25) is 11.5 Å². The number of nitrogens with one attached hydrogen (secondary N) is 1. The molecule has 40 heavy (non-hydrogen) atoms. The Morgan fingerprint density at radius 3 is 2.15 bits per heavy atom. The summed E-state index contributed by atoms with van der Waals surface area (Å²) in [5.74, 6) is -6.45. The average molecular weight is 631 g/mol. The van der Waals surface area contributed by atoms with E-state index in [1.807, 2.05) is 0 Å². The van der Waals surface area contributed by atoms with E-state index in [-0.39, 0.29) is 43.7 Å². The fourth-order valence-corrected chi connectivity index (χ4v) is 7.42. The van der Waals surface area contributed by atoms with Gasteiger partial charge in [0.1, 0.15) is 23.2 Å². The quantitative estimate of drug-likeness (QED) is 0.155.